The number of anilines is 1. The number of fused-ring (bicyclic) bond motifs is 1. The SMILES string of the molecule is CC(=O)Nc1ccc(SCC2OC(c3ccc(CNC(=O)c4cnc5ccccc5n4)cc3)OC(c3ccc(CO)cc3)C2C)cc1. The molecule has 0 aliphatic carbocycles. The lowest BCUT2D eigenvalue weighted by Gasteiger charge is -2.41. The van der Waals surface area contributed by atoms with Crippen LogP contribution in [0.3, 0.4) is 0 Å². The van der Waals surface area contributed by atoms with Crippen molar-refractivity contribution in [2.75, 3.05) is 11.1 Å². The fourth-order valence-electron chi connectivity index (χ4n) is 5.46. The fourth-order valence-corrected chi connectivity index (χ4v) is 6.53. The van der Waals surface area contributed by atoms with Gasteiger partial charge in [-0.25, -0.2) is 4.98 Å². The van der Waals surface area contributed by atoms with E-state index in [0.29, 0.717) is 17.8 Å². The molecular formula is C37H36N4O5S. The Labute approximate surface area is 277 Å². The molecule has 47 heavy (non-hydrogen) atoms. The van der Waals surface area contributed by atoms with E-state index in [1.165, 1.54) is 13.1 Å². The normalized spacial score (nSPS) is 19.3. The average molecular weight is 649 g/mol. The Morgan fingerprint density at radius 3 is 2.23 bits per heavy atom. The predicted molar refractivity (Wildman–Crippen MR) is 182 cm³/mol. The van der Waals surface area contributed by atoms with Gasteiger partial charge in [-0.2, -0.15) is 0 Å². The average Bonchev–Trinajstić information content (AvgIpc) is 3.10. The number of para-hydroxylation sites is 2. The Morgan fingerprint density at radius 2 is 1.53 bits per heavy atom. The molecule has 4 unspecified atom stereocenters. The molecule has 240 valence electrons. The standard InChI is InChI=1S/C37H36N4O5S/c1-23-34(22-47-30-17-15-29(16-18-30)40-24(2)43)45-37(46-35(23)27-11-9-26(21-42)10-12-27)28-13-7-25(8-14-28)19-39-36(44)33-20-38-31-5-3-4-6-32(31)41-33/h3-18,20,23,34-35,37,42H,19,21-22H2,1-2H3,(H,39,44)(H,40,43). The van der Waals surface area contributed by atoms with Crippen LogP contribution in [0, 0.1) is 5.92 Å². The highest BCUT2D eigenvalue weighted by atomic mass is 32.2. The Balaban J connectivity index is 1.14. The molecule has 1 saturated heterocycles. The van der Waals surface area contributed by atoms with Crippen LogP contribution < -0.4 is 10.6 Å². The second kappa shape index (κ2) is 14.9. The van der Waals surface area contributed by atoms with Crippen molar-refractivity contribution in [3.8, 4) is 0 Å². The van der Waals surface area contributed by atoms with Crippen molar-refractivity contribution in [3.63, 3.8) is 0 Å². The van der Waals surface area contributed by atoms with E-state index in [-0.39, 0.29) is 42.2 Å². The molecule has 4 aromatic carbocycles. The predicted octanol–water partition coefficient (Wildman–Crippen LogP) is 6.59. The van der Waals surface area contributed by atoms with Gasteiger partial charge < -0.3 is 25.2 Å². The molecule has 5 aromatic rings. The van der Waals surface area contributed by atoms with Gasteiger partial charge in [-0.05, 0) is 53.1 Å². The van der Waals surface area contributed by atoms with Crippen molar-refractivity contribution in [1.29, 1.82) is 0 Å². The topological polar surface area (TPSA) is 123 Å². The third kappa shape index (κ3) is 8.04. The lowest BCUT2D eigenvalue weighted by atomic mass is 9.91. The number of ether oxygens (including phenoxy) is 2. The van der Waals surface area contributed by atoms with E-state index >= 15 is 0 Å². The van der Waals surface area contributed by atoms with Gasteiger partial charge in [0.25, 0.3) is 5.91 Å². The van der Waals surface area contributed by atoms with Crippen LogP contribution in [0.15, 0.2) is 108 Å². The molecule has 2 heterocycles. The summed E-state index contributed by atoms with van der Waals surface area (Å²) >= 11 is 1.69. The van der Waals surface area contributed by atoms with Crippen LogP contribution in [-0.4, -0.2) is 38.7 Å². The van der Waals surface area contributed by atoms with Gasteiger partial charge in [-0.3, -0.25) is 14.6 Å². The van der Waals surface area contributed by atoms with E-state index < -0.39 is 6.29 Å². The molecule has 0 bridgehead atoms. The maximum atomic E-state index is 12.8. The number of aromatic nitrogens is 2. The van der Waals surface area contributed by atoms with E-state index in [0.717, 1.165) is 38.4 Å². The summed E-state index contributed by atoms with van der Waals surface area (Å²) in [6.07, 6.45) is 0.538. The van der Waals surface area contributed by atoms with E-state index in [4.69, 9.17) is 9.47 Å². The summed E-state index contributed by atoms with van der Waals surface area (Å²) < 4.78 is 13.2. The third-order valence-corrected chi connectivity index (χ3v) is 9.20. The number of aliphatic hydroxyl groups is 1. The molecular weight excluding hydrogens is 612 g/mol. The van der Waals surface area contributed by atoms with Crippen LogP contribution in [0.2, 0.25) is 0 Å². The quantitative estimate of drug-likeness (QED) is 0.145. The van der Waals surface area contributed by atoms with Crippen LogP contribution in [0.4, 0.5) is 5.69 Å². The van der Waals surface area contributed by atoms with Crippen molar-refractivity contribution in [2.24, 2.45) is 5.92 Å². The number of nitrogens with zero attached hydrogens (tertiary/aromatic N) is 2. The number of benzene rings is 4. The van der Waals surface area contributed by atoms with Gasteiger partial charge in [0.2, 0.25) is 5.91 Å². The summed E-state index contributed by atoms with van der Waals surface area (Å²) in [6.45, 7) is 3.94. The van der Waals surface area contributed by atoms with E-state index in [2.05, 4.69) is 27.5 Å². The number of rotatable bonds is 10. The van der Waals surface area contributed by atoms with Gasteiger partial charge >= 0.3 is 0 Å². The minimum atomic E-state index is -0.599. The van der Waals surface area contributed by atoms with Crippen molar-refractivity contribution in [3.05, 3.63) is 131 Å². The number of hydrogen-bond acceptors (Lipinski definition) is 8. The highest BCUT2D eigenvalue weighted by molar-refractivity contribution is 7.99. The van der Waals surface area contributed by atoms with Crippen molar-refractivity contribution in [2.45, 2.75) is 50.4 Å². The molecule has 1 aliphatic heterocycles. The summed E-state index contributed by atoms with van der Waals surface area (Å²) in [6, 6.07) is 30.9. The van der Waals surface area contributed by atoms with Crippen LogP contribution in [0.1, 0.15) is 59.0 Å². The van der Waals surface area contributed by atoms with Crippen molar-refractivity contribution < 1.29 is 24.2 Å². The van der Waals surface area contributed by atoms with Crippen molar-refractivity contribution in [1.82, 2.24) is 15.3 Å². The van der Waals surface area contributed by atoms with Gasteiger partial charge in [-0.1, -0.05) is 67.6 Å². The molecule has 6 rings (SSSR count). The smallest absolute Gasteiger partial charge is 0.271 e. The summed E-state index contributed by atoms with van der Waals surface area (Å²) in [4.78, 5) is 34.0. The first-order valence-corrected chi connectivity index (χ1v) is 16.4. The Morgan fingerprint density at radius 1 is 0.851 bits per heavy atom. The van der Waals surface area contributed by atoms with Crippen molar-refractivity contribution >= 4 is 40.3 Å². The highest BCUT2D eigenvalue weighted by Crippen LogP contribution is 2.43. The Bertz CT molecular complexity index is 1830. The molecule has 1 aliphatic rings. The summed E-state index contributed by atoms with van der Waals surface area (Å²) in [5, 5.41) is 15.3. The largest absolute Gasteiger partial charge is 0.392 e. The molecule has 3 N–H and O–H groups in total. The molecule has 0 radical (unpaired) electrons. The minimum Gasteiger partial charge on any atom is -0.392 e. The summed E-state index contributed by atoms with van der Waals surface area (Å²) in [5.41, 5.74) is 6.10. The zero-order valence-electron chi connectivity index (χ0n) is 26.1. The first kappa shape index (κ1) is 32.3. The molecule has 1 fully saturated rings. The first-order chi connectivity index (χ1) is 22.9. The van der Waals surface area contributed by atoms with Gasteiger partial charge in [0.1, 0.15) is 5.69 Å². The van der Waals surface area contributed by atoms with Crippen LogP contribution in [0.25, 0.3) is 11.0 Å². The summed E-state index contributed by atoms with van der Waals surface area (Å²) in [7, 11) is 0. The van der Waals surface area contributed by atoms with Gasteiger partial charge in [0.15, 0.2) is 6.29 Å². The van der Waals surface area contributed by atoms with Crippen LogP contribution in [0.5, 0.6) is 0 Å². The highest BCUT2D eigenvalue weighted by Gasteiger charge is 2.38. The van der Waals surface area contributed by atoms with Gasteiger partial charge in [-0.15, -0.1) is 11.8 Å². The maximum absolute atomic E-state index is 12.8. The zero-order valence-corrected chi connectivity index (χ0v) is 26.9. The Kier molecular flexibility index (Phi) is 10.2. The van der Waals surface area contributed by atoms with Gasteiger partial charge in [0, 0.05) is 41.3 Å². The molecule has 1 aromatic heterocycles. The van der Waals surface area contributed by atoms with E-state index in [1.807, 2.05) is 97.1 Å². The monoisotopic (exact) mass is 648 g/mol. The third-order valence-electron chi connectivity index (χ3n) is 8.10. The number of aliphatic hydroxyl groups excluding tert-OH is 1. The lowest BCUT2D eigenvalue weighted by molar-refractivity contribution is -0.268. The number of carbonyl (C=O) groups excluding carboxylic acids is 2. The lowest BCUT2D eigenvalue weighted by Crippen LogP contribution is -2.38. The van der Waals surface area contributed by atoms with Crippen LogP contribution >= 0.6 is 11.8 Å². The van der Waals surface area contributed by atoms with Gasteiger partial charge in [0.05, 0.1) is 36.0 Å². The summed E-state index contributed by atoms with van der Waals surface area (Å²) in [5.74, 6) is 0.353. The number of amides is 2. The molecule has 10 heteroatoms. The first-order valence-electron chi connectivity index (χ1n) is 15.5. The second-order valence-corrected chi connectivity index (χ2v) is 12.6. The second-order valence-electron chi connectivity index (χ2n) is 11.5. The fraction of sp³-hybridized carbons (Fsp3) is 0.243. The molecule has 2 amide bonds. The molecule has 4 atom stereocenters. The Hall–Kier alpha value is -4.61. The molecule has 9 nitrogen and oxygen atoms in total. The maximum Gasteiger partial charge on any atom is 0.271 e. The molecule has 0 spiro atoms. The minimum absolute atomic E-state index is 0.0183. The number of hydrogen-bond donors (Lipinski definition) is 3. The van der Waals surface area contributed by atoms with E-state index in [9.17, 15) is 14.7 Å². The number of nitrogens with one attached hydrogen (secondary N) is 2. The number of thioether (sulfide) groups is 1. The molecule has 0 saturated carbocycles. The number of carbonyl (C=O) groups is 2. The zero-order chi connectivity index (χ0) is 32.8. The van der Waals surface area contributed by atoms with E-state index in [1.54, 1.807) is 11.8 Å². The van der Waals surface area contributed by atoms with Crippen LogP contribution in [-0.2, 0) is 27.4 Å².